The van der Waals surface area contributed by atoms with Gasteiger partial charge in [0.15, 0.2) is 11.5 Å². The minimum absolute atomic E-state index is 0.239. The van der Waals surface area contributed by atoms with E-state index in [0.717, 1.165) is 19.6 Å². The molecule has 9 heteroatoms. The second-order valence-electron chi connectivity index (χ2n) is 7.89. The minimum Gasteiger partial charge on any atom is -0.493 e. The summed E-state index contributed by atoms with van der Waals surface area (Å²) in [5, 5.41) is 0.400. The Labute approximate surface area is 197 Å². The van der Waals surface area contributed by atoms with Crippen LogP contribution in [0.15, 0.2) is 53.8 Å². The van der Waals surface area contributed by atoms with Crippen LogP contribution in [0.5, 0.6) is 11.5 Å². The standard InChI is InChI=1S/C25H28N4O5/c1-5-10-27-11-13-28(14-12-27)25-26-20-15-17(24(31)34-4)6-8-19(20)23(30)29(25)18-7-9-21(32-2)22(16-18)33-3/h5-9,15-16H,1,10-14H2,2-4H3. The van der Waals surface area contributed by atoms with Crippen LogP contribution in [0, 0.1) is 0 Å². The fraction of sp³-hybridized carbons (Fsp3) is 0.320. The van der Waals surface area contributed by atoms with Crippen LogP contribution >= 0.6 is 0 Å². The van der Waals surface area contributed by atoms with E-state index in [1.165, 1.54) is 7.11 Å². The van der Waals surface area contributed by atoms with E-state index in [4.69, 9.17) is 19.2 Å². The molecule has 34 heavy (non-hydrogen) atoms. The molecule has 0 N–H and O–H groups in total. The molecular weight excluding hydrogens is 436 g/mol. The van der Waals surface area contributed by atoms with E-state index < -0.39 is 5.97 Å². The molecule has 2 heterocycles. The van der Waals surface area contributed by atoms with Crippen LogP contribution in [0.1, 0.15) is 10.4 Å². The van der Waals surface area contributed by atoms with Crippen LogP contribution in [-0.4, -0.2) is 74.5 Å². The van der Waals surface area contributed by atoms with Gasteiger partial charge in [0.2, 0.25) is 5.95 Å². The van der Waals surface area contributed by atoms with Crippen molar-refractivity contribution in [3.63, 3.8) is 0 Å². The van der Waals surface area contributed by atoms with E-state index in [1.807, 2.05) is 6.08 Å². The van der Waals surface area contributed by atoms with Crippen LogP contribution in [-0.2, 0) is 4.74 Å². The van der Waals surface area contributed by atoms with Gasteiger partial charge in [0.1, 0.15) is 0 Å². The lowest BCUT2D eigenvalue weighted by Crippen LogP contribution is -2.48. The van der Waals surface area contributed by atoms with E-state index in [0.29, 0.717) is 52.7 Å². The molecule has 3 aromatic rings. The summed E-state index contributed by atoms with van der Waals surface area (Å²) in [7, 11) is 4.44. The Bertz CT molecular complexity index is 1280. The van der Waals surface area contributed by atoms with Gasteiger partial charge in [-0.05, 0) is 30.3 Å². The molecule has 0 unspecified atom stereocenters. The molecule has 0 saturated carbocycles. The third-order valence-corrected chi connectivity index (χ3v) is 5.94. The second kappa shape index (κ2) is 9.96. The number of ether oxygens (including phenoxy) is 3. The average Bonchev–Trinajstić information content (AvgIpc) is 2.88. The molecule has 0 atom stereocenters. The van der Waals surface area contributed by atoms with Gasteiger partial charge >= 0.3 is 5.97 Å². The number of piperazine rings is 1. The lowest BCUT2D eigenvalue weighted by Gasteiger charge is -2.35. The number of methoxy groups -OCH3 is 3. The van der Waals surface area contributed by atoms with Gasteiger partial charge in [-0.25, -0.2) is 14.3 Å². The lowest BCUT2D eigenvalue weighted by atomic mass is 10.1. The van der Waals surface area contributed by atoms with Gasteiger partial charge in [-0.1, -0.05) is 6.08 Å². The number of carbonyl (C=O) groups excluding carboxylic acids is 1. The van der Waals surface area contributed by atoms with Gasteiger partial charge in [0.05, 0.1) is 43.5 Å². The molecule has 178 valence electrons. The Kier molecular flexibility index (Phi) is 6.83. The number of aromatic nitrogens is 2. The zero-order valence-electron chi connectivity index (χ0n) is 19.6. The first-order valence-electron chi connectivity index (χ1n) is 11.0. The number of rotatable bonds is 7. The van der Waals surface area contributed by atoms with Gasteiger partial charge in [0.25, 0.3) is 5.56 Å². The zero-order chi connectivity index (χ0) is 24.2. The summed E-state index contributed by atoms with van der Waals surface area (Å²) in [4.78, 5) is 35.0. The third-order valence-electron chi connectivity index (χ3n) is 5.94. The molecule has 0 amide bonds. The van der Waals surface area contributed by atoms with Gasteiger partial charge in [0, 0.05) is 38.8 Å². The predicted molar refractivity (Wildman–Crippen MR) is 131 cm³/mol. The number of hydrogen-bond donors (Lipinski definition) is 0. The Balaban J connectivity index is 1.90. The summed E-state index contributed by atoms with van der Waals surface area (Å²) < 4.78 is 17.2. The maximum atomic E-state index is 13.7. The van der Waals surface area contributed by atoms with Gasteiger partial charge in [-0.15, -0.1) is 6.58 Å². The van der Waals surface area contributed by atoms with Crippen LogP contribution < -0.4 is 19.9 Å². The SMILES string of the molecule is C=CCN1CCN(c2nc3cc(C(=O)OC)ccc3c(=O)n2-c2ccc(OC)c(OC)c2)CC1. The number of esters is 1. The van der Waals surface area contributed by atoms with Crippen molar-refractivity contribution in [2.24, 2.45) is 0 Å². The maximum absolute atomic E-state index is 13.7. The third kappa shape index (κ3) is 4.34. The molecule has 1 aromatic heterocycles. The van der Waals surface area contributed by atoms with E-state index in [9.17, 15) is 9.59 Å². The highest BCUT2D eigenvalue weighted by molar-refractivity contribution is 5.94. The zero-order valence-corrected chi connectivity index (χ0v) is 19.6. The number of hydrogen-bond acceptors (Lipinski definition) is 8. The molecule has 0 radical (unpaired) electrons. The molecule has 1 aliphatic rings. The van der Waals surface area contributed by atoms with Crippen molar-refractivity contribution < 1.29 is 19.0 Å². The molecule has 9 nitrogen and oxygen atoms in total. The Morgan fingerprint density at radius 1 is 1.03 bits per heavy atom. The summed E-state index contributed by atoms with van der Waals surface area (Å²) >= 11 is 0. The van der Waals surface area contributed by atoms with Gasteiger partial charge in [-0.2, -0.15) is 0 Å². The smallest absolute Gasteiger partial charge is 0.337 e. The molecule has 0 spiro atoms. The molecule has 2 aromatic carbocycles. The van der Waals surface area contributed by atoms with Crippen molar-refractivity contribution in [3.05, 3.63) is 65.0 Å². The Hall–Kier alpha value is -3.85. The number of benzene rings is 2. The highest BCUT2D eigenvalue weighted by atomic mass is 16.5. The summed E-state index contributed by atoms with van der Waals surface area (Å²) in [5.74, 6) is 1.10. The molecular formula is C25H28N4O5. The normalized spacial score (nSPS) is 14.1. The van der Waals surface area contributed by atoms with E-state index >= 15 is 0 Å². The molecule has 0 bridgehead atoms. The summed E-state index contributed by atoms with van der Waals surface area (Å²) in [6.07, 6.45) is 1.89. The van der Waals surface area contributed by atoms with Crippen LogP contribution in [0.25, 0.3) is 16.6 Å². The summed E-state index contributed by atoms with van der Waals surface area (Å²) in [6.45, 7) is 7.64. The largest absolute Gasteiger partial charge is 0.493 e. The molecule has 1 fully saturated rings. The second-order valence-corrected chi connectivity index (χ2v) is 7.89. The maximum Gasteiger partial charge on any atom is 0.337 e. The van der Waals surface area contributed by atoms with Crippen molar-refractivity contribution >= 4 is 22.8 Å². The first kappa shape index (κ1) is 23.3. The van der Waals surface area contributed by atoms with Gasteiger partial charge in [-0.3, -0.25) is 9.69 Å². The van der Waals surface area contributed by atoms with Crippen molar-refractivity contribution in [1.82, 2.24) is 14.5 Å². The average molecular weight is 465 g/mol. The monoisotopic (exact) mass is 464 g/mol. The quantitative estimate of drug-likeness (QED) is 0.390. The molecule has 4 rings (SSSR count). The number of nitrogens with zero attached hydrogens (tertiary/aromatic N) is 4. The number of fused-ring (bicyclic) bond motifs is 1. The fourth-order valence-corrected chi connectivity index (χ4v) is 4.14. The van der Waals surface area contributed by atoms with Crippen molar-refractivity contribution in [2.45, 2.75) is 0 Å². The van der Waals surface area contributed by atoms with Crippen LogP contribution in [0.2, 0.25) is 0 Å². The van der Waals surface area contributed by atoms with Crippen molar-refractivity contribution in [3.8, 4) is 17.2 Å². The first-order chi connectivity index (χ1) is 16.5. The predicted octanol–water partition coefficient (Wildman–Crippen LogP) is 2.50. The number of carbonyl (C=O) groups is 1. The topological polar surface area (TPSA) is 86.1 Å². The van der Waals surface area contributed by atoms with Crippen molar-refractivity contribution in [1.29, 1.82) is 0 Å². The van der Waals surface area contributed by atoms with Crippen molar-refractivity contribution in [2.75, 3.05) is 59.0 Å². The van der Waals surface area contributed by atoms with Crippen LogP contribution in [0.4, 0.5) is 5.95 Å². The number of anilines is 1. The van der Waals surface area contributed by atoms with E-state index in [-0.39, 0.29) is 5.56 Å². The summed E-state index contributed by atoms with van der Waals surface area (Å²) in [5.41, 5.74) is 1.15. The highest BCUT2D eigenvalue weighted by Gasteiger charge is 2.24. The Morgan fingerprint density at radius 3 is 2.41 bits per heavy atom. The molecule has 1 saturated heterocycles. The van der Waals surface area contributed by atoms with Gasteiger partial charge < -0.3 is 19.1 Å². The fourth-order valence-electron chi connectivity index (χ4n) is 4.14. The molecule has 1 aliphatic heterocycles. The highest BCUT2D eigenvalue weighted by Crippen LogP contribution is 2.30. The van der Waals surface area contributed by atoms with Crippen LogP contribution in [0.3, 0.4) is 0 Å². The van der Waals surface area contributed by atoms with E-state index in [1.54, 1.807) is 55.2 Å². The first-order valence-corrected chi connectivity index (χ1v) is 11.0. The summed E-state index contributed by atoms with van der Waals surface area (Å²) in [6, 6.07) is 10.1. The molecule has 0 aliphatic carbocycles. The Morgan fingerprint density at radius 2 is 1.76 bits per heavy atom. The minimum atomic E-state index is -0.479. The lowest BCUT2D eigenvalue weighted by molar-refractivity contribution is 0.0601. The van der Waals surface area contributed by atoms with E-state index in [2.05, 4.69) is 16.4 Å².